The Hall–Kier alpha value is -3.55. The monoisotopic (exact) mass is 645 g/mol. The van der Waals surface area contributed by atoms with Gasteiger partial charge in [-0.25, -0.2) is 25.6 Å². The molecular weight excluding hydrogens is 612 g/mol. The zero-order chi connectivity index (χ0) is 31.6. The molecule has 2 N–H and O–H groups in total. The number of halogens is 2. The summed E-state index contributed by atoms with van der Waals surface area (Å²) in [6.07, 6.45) is 2.78. The second-order valence-electron chi connectivity index (χ2n) is 12.4. The van der Waals surface area contributed by atoms with Crippen molar-refractivity contribution in [1.29, 1.82) is 0 Å². The Morgan fingerprint density at radius 2 is 1.34 bits per heavy atom. The van der Waals surface area contributed by atoms with Crippen molar-refractivity contribution in [3.05, 3.63) is 71.3 Å². The number of fused-ring (bicyclic) bond motifs is 3. The zero-order valence-corrected chi connectivity index (χ0v) is 25.9. The van der Waals surface area contributed by atoms with Crippen LogP contribution in [0.4, 0.5) is 14.5 Å². The van der Waals surface area contributed by atoms with Gasteiger partial charge in [0, 0.05) is 49.4 Å². The smallest absolute Gasteiger partial charge is 0.243 e. The average Bonchev–Trinajstić information content (AvgIpc) is 3.31. The summed E-state index contributed by atoms with van der Waals surface area (Å²) in [5.74, 6) is -2.73. The van der Waals surface area contributed by atoms with E-state index in [0.717, 1.165) is 18.9 Å². The SMILES string of the molecule is CC1(C)CCC(S(=O)(=O)c2ccc3c(c2)/C(=N\O)c2cc(S(=O)(=O)N4CCN(c5cc(F)c(F)cc5O)CC4)ccc2-3)CC1. The molecule has 6 rings (SSSR count). The zero-order valence-electron chi connectivity index (χ0n) is 24.3. The molecule has 1 saturated heterocycles. The molecule has 1 saturated carbocycles. The molecule has 0 radical (unpaired) electrons. The van der Waals surface area contributed by atoms with Gasteiger partial charge in [-0.2, -0.15) is 4.31 Å². The third-order valence-electron chi connectivity index (χ3n) is 9.17. The van der Waals surface area contributed by atoms with Crippen molar-refractivity contribution < 1.29 is 35.9 Å². The summed E-state index contributed by atoms with van der Waals surface area (Å²) in [6.45, 7) is 4.60. The van der Waals surface area contributed by atoms with Crippen LogP contribution in [0, 0.1) is 17.0 Å². The third-order valence-corrected chi connectivity index (χ3v) is 13.3. The lowest BCUT2D eigenvalue weighted by molar-refractivity contribution is 0.246. The van der Waals surface area contributed by atoms with E-state index >= 15 is 0 Å². The molecule has 44 heavy (non-hydrogen) atoms. The molecule has 0 bridgehead atoms. The van der Waals surface area contributed by atoms with Crippen molar-refractivity contribution >= 4 is 31.3 Å². The lowest BCUT2D eigenvalue weighted by atomic mass is 9.77. The van der Waals surface area contributed by atoms with Crippen LogP contribution >= 0.6 is 0 Å². The Balaban J connectivity index is 1.24. The van der Waals surface area contributed by atoms with E-state index in [-0.39, 0.29) is 52.8 Å². The lowest BCUT2D eigenvalue weighted by Crippen LogP contribution is -2.48. The average molecular weight is 646 g/mol. The van der Waals surface area contributed by atoms with Gasteiger partial charge in [-0.05, 0) is 66.5 Å². The van der Waals surface area contributed by atoms with E-state index in [1.54, 1.807) is 23.1 Å². The first kappa shape index (κ1) is 30.5. The summed E-state index contributed by atoms with van der Waals surface area (Å²) in [5.41, 5.74) is 2.31. The number of anilines is 1. The van der Waals surface area contributed by atoms with Gasteiger partial charge in [0.05, 0.1) is 20.7 Å². The number of nitrogens with zero attached hydrogens (tertiary/aromatic N) is 3. The molecule has 0 aromatic heterocycles. The number of benzene rings is 3. The number of piperazine rings is 1. The van der Waals surface area contributed by atoms with Crippen LogP contribution in [0.3, 0.4) is 0 Å². The van der Waals surface area contributed by atoms with Crippen LogP contribution in [0.5, 0.6) is 5.75 Å². The minimum atomic E-state index is -4.01. The van der Waals surface area contributed by atoms with Crippen molar-refractivity contribution in [3.63, 3.8) is 0 Å². The first-order valence-corrected chi connectivity index (χ1v) is 17.4. The fourth-order valence-electron chi connectivity index (χ4n) is 6.47. The van der Waals surface area contributed by atoms with E-state index in [0.29, 0.717) is 41.2 Å². The van der Waals surface area contributed by atoms with Crippen molar-refractivity contribution in [2.45, 2.75) is 54.6 Å². The molecule has 3 aliphatic rings. The molecule has 0 spiro atoms. The second kappa shape index (κ2) is 10.8. The summed E-state index contributed by atoms with van der Waals surface area (Å²) < 4.78 is 82.9. The van der Waals surface area contributed by atoms with Crippen LogP contribution in [0.2, 0.25) is 0 Å². The molecule has 2 aliphatic carbocycles. The van der Waals surface area contributed by atoms with E-state index in [2.05, 4.69) is 19.0 Å². The van der Waals surface area contributed by atoms with Gasteiger partial charge < -0.3 is 15.2 Å². The van der Waals surface area contributed by atoms with E-state index < -0.39 is 42.5 Å². The number of oxime groups is 1. The molecule has 13 heteroatoms. The van der Waals surface area contributed by atoms with Crippen LogP contribution in [0.1, 0.15) is 50.7 Å². The van der Waals surface area contributed by atoms with Crippen molar-refractivity contribution in [1.82, 2.24) is 4.31 Å². The van der Waals surface area contributed by atoms with Crippen LogP contribution in [-0.2, 0) is 19.9 Å². The largest absolute Gasteiger partial charge is 0.506 e. The van der Waals surface area contributed by atoms with Gasteiger partial charge in [-0.1, -0.05) is 31.1 Å². The Kier molecular flexibility index (Phi) is 7.49. The summed E-state index contributed by atoms with van der Waals surface area (Å²) in [5, 5.41) is 23.0. The number of phenols is 1. The summed E-state index contributed by atoms with van der Waals surface area (Å²) in [6, 6.07) is 10.8. The maximum Gasteiger partial charge on any atom is 0.243 e. The summed E-state index contributed by atoms with van der Waals surface area (Å²) in [4.78, 5) is 1.69. The van der Waals surface area contributed by atoms with Gasteiger partial charge in [-0.15, -0.1) is 0 Å². The molecule has 3 aromatic rings. The maximum absolute atomic E-state index is 13.8. The first-order chi connectivity index (χ1) is 20.7. The summed E-state index contributed by atoms with van der Waals surface area (Å²) >= 11 is 0. The predicted octanol–water partition coefficient (Wildman–Crippen LogP) is 5.13. The molecule has 9 nitrogen and oxygen atoms in total. The Morgan fingerprint density at radius 3 is 1.93 bits per heavy atom. The highest BCUT2D eigenvalue weighted by atomic mass is 32.2. The maximum atomic E-state index is 13.8. The molecule has 3 aromatic carbocycles. The van der Waals surface area contributed by atoms with E-state index in [4.69, 9.17) is 0 Å². The molecule has 2 fully saturated rings. The number of sulfone groups is 1. The van der Waals surface area contributed by atoms with E-state index in [9.17, 15) is 35.9 Å². The predicted molar refractivity (Wildman–Crippen MR) is 162 cm³/mol. The van der Waals surface area contributed by atoms with E-state index in [1.165, 1.54) is 22.5 Å². The Bertz CT molecular complexity index is 1890. The summed E-state index contributed by atoms with van der Waals surface area (Å²) in [7, 11) is -7.64. The quantitative estimate of drug-likeness (QED) is 0.228. The normalized spacial score (nSPS) is 20.1. The number of aromatic hydroxyl groups is 1. The highest BCUT2D eigenvalue weighted by molar-refractivity contribution is 7.92. The topological polar surface area (TPSA) is 128 Å². The Labute approximate surface area is 255 Å². The highest BCUT2D eigenvalue weighted by Gasteiger charge is 2.37. The third kappa shape index (κ3) is 5.14. The van der Waals surface area contributed by atoms with Crippen LogP contribution in [0.25, 0.3) is 11.1 Å². The fourth-order valence-corrected chi connectivity index (χ4v) is 9.70. The van der Waals surface area contributed by atoms with Crippen LogP contribution < -0.4 is 4.90 Å². The number of hydrogen-bond donors (Lipinski definition) is 2. The number of rotatable bonds is 5. The van der Waals surface area contributed by atoms with Crippen molar-refractivity contribution in [2.24, 2.45) is 10.6 Å². The van der Waals surface area contributed by atoms with Crippen LogP contribution in [-0.4, -0.2) is 68.6 Å². The van der Waals surface area contributed by atoms with Crippen LogP contribution in [0.15, 0.2) is 63.5 Å². The molecule has 0 amide bonds. The van der Waals surface area contributed by atoms with Gasteiger partial charge in [0.25, 0.3) is 0 Å². The first-order valence-electron chi connectivity index (χ1n) is 14.4. The molecule has 0 unspecified atom stereocenters. The van der Waals surface area contributed by atoms with Gasteiger partial charge in [0.2, 0.25) is 10.0 Å². The molecule has 0 atom stereocenters. The standard InChI is InChI=1S/C31H33F2N3O6S2/c1-31(2)9-7-19(8-10-31)43(39,40)20-3-5-22-23-6-4-21(16-25(23)30(34-38)24(22)15-20)44(41,42)36-13-11-35(12-14-36)28-17-26(32)27(33)18-29(28)37/h3-6,15-19,37-38H,7-14H2,1-2H3/b34-30+. The Morgan fingerprint density at radius 1 is 0.795 bits per heavy atom. The minimum Gasteiger partial charge on any atom is -0.506 e. The molecule has 1 heterocycles. The molecule has 1 aliphatic heterocycles. The lowest BCUT2D eigenvalue weighted by Gasteiger charge is -2.35. The molecule has 234 valence electrons. The number of sulfonamides is 1. The molecular formula is C31H33F2N3O6S2. The van der Waals surface area contributed by atoms with Crippen molar-refractivity contribution in [2.75, 3.05) is 31.1 Å². The highest BCUT2D eigenvalue weighted by Crippen LogP contribution is 2.43. The van der Waals surface area contributed by atoms with Crippen molar-refractivity contribution in [3.8, 4) is 16.9 Å². The van der Waals surface area contributed by atoms with Gasteiger partial charge in [-0.3, -0.25) is 0 Å². The van der Waals surface area contributed by atoms with E-state index in [1.807, 2.05) is 0 Å². The second-order valence-corrected chi connectivity index (χ2v) is 16.6. The number of hydrogen-bond acceptors (Lipinski definition) is 8. The van der Waals surface area contributed by atoms with Gasteiger partial charge >= 0.3 is 0 Å². The minimum absolute atomic E-state index is 0.0264. The number of phenolic OH excluding ortho intramolecular Hbond substituents is 1. The van der Waals surface area contributed by atoms with Gasteiger partial charge in [0.15, 0.2) is 21.5 Å². The van der Waals surface area contributed by atoms with Gasteiger partial charge in [0.1, 0.15) is 11.5 Å². The fraction of sp³-hybridized carbons (Fsp3) is 0.387.